The Hall–Kier alpha value is -2.37. The summed E-state index contributed by atoms with van der Waals surface area (Å²) in [5.41, 5.74) is 0.550. The molecule has 0 saturated heterocycles. The van der Waals surface area contributed by atoms with Crippen LogP contribution >= 0.6 is 0 Å². The van der Waals surface area contributed by atoms with Gasteiger partial charge in [-0.1, -0.05) is 0 Å². The lowest BCUT2D eigenvalue weighted by Gasteiger charge is -2.16. The zero-order chi connectivity index (χ0) is 13.0. The van der Waals surface area contributed by atoms with Crippen molar-refractivity contribution in [3.63, 3.8) is 0 Å². The van der Waals surface area contributed by atoms with E-state index in [1.54, 1.807) is 23.0 Å². The molecule has 0 aliphatic heterocycles. The number of aromatic carboxylic acids is 1. The van der Waals surface area contributed by atoms with E-state index in [0.717, 1.165) is 0 Å². The maximum Gasteiger partial charge on any atom is 0.356 e. The minimum atomic E-state index is -1.04. The van der Waals surface area contributed by atoms with Gasteiger partial charge >= 0.3 is 5.97 Å². The monoisotopic (exact) mass is 246 g/mol. The fraction of sp³-hybridized carbons (Fsp3) is 0.250. The third kappa shape index (κ3) is 2.85. The van der Waals surface area contributed by atoms with Crippen molar-refractivity contribution >= 4 is 11.7 Å². The molecule has 0 aromatic carbocycles. The fourth-order valence-corrected chi connectivity index (χ4v) is 1.69. The predicted molar refractivity (Wildman–Crippen MR) is 66.5 cm³/mol. The molecule has 2 N–H and O–H groups in total. The second-order valence-electron chi connectivity index (χ2n) is 3.98. The van der Waals surface area contributed by atoms with Crippen molar-refractivity contribution < 1.29 is 9.90 Å². The van der Waals surface area contributed by atoms with E-state index in [4.69, 9.17) is 5.11 Å². The van der Waals surface area contributed by atoms with Crippen molar-refractivity contribution in [3.8, 4) is 0 Å². The Labute approximate surface area is 104 Å². The van der Waals surface area contributed by atoms with E-state index in [0.29, 0.717) is 12.2 Å². The van der Waals surface area contributed by atoms with E-state index in [-0.39, 0.29) is 11.7 Å². The summed E-state index contributed by atoms with van der Waals surface area (Å²) >= 11 is 0. The van der Waals surface area contributed by atoms with Gasteiger partial charge in [-0.3, -0.25) is 4.68 Å². The van der Waals surface area contributed by atoms with Gasteiger partial charge in [0.25, 0.3) is 0 Å². The first-order valence-electron chi connectivity index (χ1n) is 5.59. The lowest BCUT2D eigenvalue weighted by molar-refractivity contribution is 0.0691. The molecule has 0 spiro atoms. The smallest absolute Gasteiger partial charge is 0.356 e. The molecule has 0 saturated carbocycles. The number of nitrogens with zero attached hydrogens (tertiary/aromatic N) is 3. The van der Waals surface area contributed by atoms with Crippen LogP contribution in [0.2, 0.25) is 0 Å². The SMILES string of the molecule is CC(Cn1cccn1)Nc1cccnc1C(=O)O. The van der Waals surface area contributed by atoms with Gasteiger partial charge in [0.15, 0.2) is 5.69 Å². The van der Waals surface area contributed by atoms with Crippen molar-refractivity contribution in [2.24, 2.45) is 0 Å². The molecule has 0 aliphatic carbocycles. The molecular weight excluding hydrogens is 232 g/mol. The Morgan fingerprint density at radius 1 is 1.50 bits per heavy atom. The number of hydrogen-bond acceptors (Lipinski definition) is 4. The van der Waals surface area contributed by atoms with E-state index < -0.39 is 5.97 Å². The van der Waals surface area contributed by atoms with Crippen molar-refractivity contribution in [1.29, 1.82) is 0 Å². The number of rotatable bonds is 5. The second kappa shape index (κ2) is 5.31. The van der Waals surface area contributed by atoms with Gasteiger partial charge in [-0.15, -0.1) is 0 Å². The number of carboxylic acids is 1. The first kappa shape index (κ1) is 12.1. The van der Waals surface area contributed by atoms with E-state index in [1.165, 1.54) is 6.20 Å². The summed E-state index contributed by atoms with van der Waals surface area (Å²) in [4.78, 5) is 14.8. The van der Waals surface area contributed by atoms with Crippen molar-refractivity contribution in [1.82, 2.24) is 14.8 Å². The maximum absolute atomic E-state index is 11.0. The quantitative estimate of drug-likeness (QED) is 0.835. The summed E-state index contributed by atoms with van der Waals surface area (Å²) in [5.74, 6) is -1.04. The highest BCUT2D eigenvalue weighted by molar-refractivity contribution is 5.91. The second-order valence-corrected chi connectivity index (χ2v) is 3.98. The molecule has 18 heavy (non-hydrogen) atoms. The molecular formula is C12H14N4O2. The molecule has 1 unspecified atom stereocenters. The minimum absolute atomic E-state index is 0.0322. The zero-order valence-electron chi connectivity index (χ0n) is 9.95. The third-order valence-corrected chi connectivity index (χ3v) is 2.43. The Morgan fingerprint density at radius 3 is 3.00 bits per heavy atom. The van der Waals surface area contributed by atoms with Crippen LogP contribution in [0.1, 0.15) is 17.4 Å². The summed E-state index contributed by atoms with van der Waals surface area (Å²) in [7, 11) is 0. The maximum atomic E-state index is 11.0. The highest BCUT2D eigenvalue weighted by Crippen LogP contribution is 2.13. The number of carbonyl (C=O) groups is 1. The summed E-state index contributed by atoms with van der Waals surface area (Å²) in [5, 5.41) is 16.2. The summed E-state index contributed by atoms with van der Waals surface area (Å²) in [6.07, 6.45) is 5.03. The number of pyridine rings is 1. The van der Waals surface area contributed by atoms with Gasteiger partial charge in [0.05, 0.1) is 12.2 Å². The Bertz CT molecular complexity index is 525. The molecule has 0 radical (unpaired) electrons. The fourth-order valence-electron chi connectivity index (χ4n) is 1.69. The minimum Gasteiger partial charge on any atom is -0.476 e. The van der Waals surface area contributed by atoms with Gasteiger partial charge in [-0.2, -0.15) is 5.10 Å². The third-order valence-electron chi connectivity index (χ3n) is 2.43. The molecule has 0 bridgehead atoms. The van der Waals surface area contributed by atoms with Gasteiger partial charge in [-0.05, 0) is 25.1 Å². The van der Waals surface area contributed by atoms with Crippen molar-refractivity contribution in [2.45, 2.75) is 19.5 Å². The zero-order valence-corrected chi connectivity index (χ0v) is 9.95. The molecule has 94 valence electrons. The molecule has 0 amide bonds. The van der Waals surface area contributed by atoms with Crippen LogP contribution < -0.4 is 5.32 Å². The molecule has 2 heterocycles. The van der Waals surface area contributed by atoms with Crippen LogP contribution in [0.4, 0.5) is 5.69 Å². The highest BCUT2D eigenvalue weighted by Gasteiger charge is 2.12. The van der Waals surface area contributed by atoms with Crippen molar-refractivity contribution in [3.05, 3.63) is 42.5 Å². The van der Waals surface area contributed by atoms with E-state index in [1.807, 2.05) is 19.2 Å². The van der Waals surface area contributed by atoms with Crippen LogP contribution in [-0.4, -0.2) is 31.9 Å². The number of nitrogens with one attached hydrogen (secondary N) is 1. The molecule has 1 atom stereocenters. The Kier molecular flexibility index (Phi) is 3.57. The number of aromatic nitrogens is 3. The highest BCUT2D eigenvalue weighted by atomic mass is 16.4. The van der Waals surface area contributed by atoms with Crippen LogP contribution in [0, 0.1) is 0 Å². The lowest BCUT2D eigenvalue weighted by Crippen LogP contribution is -2.23. The average Bonchev–Trinajstić information content (AvgIpc) is 2.82. The molecule has 0 fully saturated rings. The predicted octanol–water partition coefficient (Wildman–Crippen LogP) is 1.48. The first-order chi connectivity index (χ1) is 8.66. The van der Waals surface area contributed by atoms with Gasteiger partial charge in [-0.25, -0.2) is 9.78 Å². The van der Waals surface area contributed by atoms with Crippen LogP contribution in [0.15, 0.2) is 36.8 Å². The molecule has 6 heteroatoms. The van der Waals surface area contributed by atoms with Gasteiger partial charge < -0.3 is 10.4 Å². The van der Waals surface area contributed by atoms with Crippen LogP contribution in [0.5, 0.6) is 0 Å². The van der Waals surface area contributed by atoms with Gasteiger partial charge in [0.1, 0.15) is 0 Å². The van der Waals surface area contributed by atoms with Gasteiger partial charge in [0, 0.05) is 24.6 Å². The Morgan fingerprint density at radius 2 is 2.33 bits per heavy atom. The van der Waals surface area contributed by atoms with E-state index >= 15 is 0 Å². The van der Waals surface area contributed by atoms with Crippen LogP contribution in [-0.2, 0) is 6.54 Å². The average molecular weight is 246 g/mol. The topological polar surface area (TPSA) is 80.0 Å². The summed E-state index contributed by atoms with van der Waals surface area (Å²) in [6, 6.07) is 5.30. The van der Waals surface area contributed by atoms with Crippen LogP contribution in [0.25, 0.3) is 0 Å². The normalized spacial score (nSPS) is 12.1. The lowest BCUT2D eigenvalue weighted by atomic mass is 10.2. The summed E-state index contributed by atoms with van der Waals surface area (Å²) < 4.78 is 1.79. The first-order valence-corrected chi connectivity index (χ1v) is 5.59. The van der Waals surface area contributed by atoms with E-state index in [2.05, 4.69) is 15.4 Å². The number of carboxylic acid groups (broad SMARTS) is 1. The van der Waals surface area contributed by atoms with Gasteiger partial charge in [0.2, 0.25) is 0 Å². The summed E-state index contributed by atoms with van der Waals surface area (Å²) in [6.45, 7) is 2.61. The molecule has 2 rings (SSSR count). The number of hydrogen-bond donors (Lipinski definition) is 2. The van der Waals surface area contributed by atoms with Crippen molar-refractivity contribution in [2.75, 3.05) is 5.32 Å². The van der Waals surface area contributed by atoms with E-state index in [9.17, 15) is 4.79 Å². The van der Waals surface area contributed by atoms with Crippen LogP contribution in [0.3, 0.4) is 0 Å². The molecule has 2 aromatic rings. The molecule has 2 aromatic heterocycles. The molecule has 6 nitrogen and oxygen atoms in total. The Balaban J connectivity index is 2.07. The number of anilines is 1. The molecule has 0 aliphatic rings. The standard InChI is InChI=1S/C12H14N4O2/c1-9(8-16-7-3-6-14-16)15-10-4-2-5-13-11(10)12(17)18/h2-7,9,15H,8H2,1H3,(H,17,18). The largest absolute Gasteiger partial charge is 0.476 e.